The number of halogens is 2. The Hall–Kier alpha value is -4.39. The largest absolute Gasteiger partial charge is 0.380 e. The fraction of sp³-hybridized carbons (Fsp3) is 0.121. The van der Waals surface area contributed by atoms with Crippen molar-refractivity contribution in [2.24, 2.45) is 0 Å². The Balaban J connectivity index is 1.30. The summed E-state index contributed by atoms with van der Waals surface area (Å²) in [7, 11) is 0. The molecule has 0 aliphatic heterocycles. The van der Waals surface area contributed by atoms with Gasteiger partial charge in [0, 0.05) is 52.2 Å². The number of hydrogen-bond acceptors (Lipinski definition) is 9. The third-order valence-electron chi connectivity index (χ3n) is 7.19. The van der Waals surface area contributed by atoms with Gasteiger partial charge in [-0.05, 0) is 53.5 Å². The molecule has 0 bridgehead atoms. The highest BCUT2D eigenvalue weighted by molar-refractivity contribution is 7.16. The van der Waals surface area contributed by atoms with Crippen LogP contribution in [0.2, 0.25) is 9.36 Å². The predicted octanol–water partition coefficient (Wildman–Crippen LogP) is 7.00. The van der Waals surface area contributed by atoms with Gasteiger partial charge in [0.2, 0.25) is 0 Å². The number of aryl methyl sites for hydroxylation is 2. The summed E-state index contributed by atoms with van der Waals surface area (Å²) in [5.74, 6) is -0.483. The summed E-state index contributed by atoms with van der Waals surface area (Å²) in [5.41, 5.74) is 2.53. The van der Waals surface area contributed by atoms with E-state index < -0.39 is 17.8 Å². The van der Waals surface area contributed by atoms with E-state index in [9.17, 15) is 19.5 Å². The minimum absolute atomic E-state index is 0.0265. The maximum Gasteiger partial charge on any atom is 0.280 e. The maximum absolute atomic E-state index is 13.8. The first kappa shape index (κ1) is 31.6. The van der Waals surface area contributed by atoms with E-state index in [2.05, 4.69) is 14.8 Å². The minimum Gasteiger partial charge on any atom is -0.380 e. The quantitative estimate of drug-likeness (QED) is 0.141. The predicted molar refractivity (Wildman–Crippen MR) is 181 cm³/mol. The zero-order valence-electron chi connectivity index (χ0n) is 24.0. The Labute approximate surface area is 281 Å². The lowest BCUT2D eigenvalue weighted by molar-refractivity contribution is 0.0747. The van der Waals surface area contributed by atoms with Crippen LogP contribution in [0.3, 0.4) is 0 Å². The molecule has 6 aromatic rings. The van der Waals surface area contributed by atoms with Crippen LogP contribution in [0.1, 0.15) is 43.0 Å². The molecular formula is C33H25Cl2N5O4S2. The number of carbonyl (C=O) groups excluding carboxylic acids is 2. The van der Waals surface area contributed by atoms with Gasteiger partial charge in [-0.25, -0.2) is 0 Å². The fourth-order valence-corrected chi connectivity index (χ4v) is 6.60. The van der Waals surface area contributed by atoms with Crippen molar-refractivity contribution in [3.05, 3.63) is 143 Å². The number of Topliss-reactive ketones (excluding diaryl/α,β-unsaturated/α-hetero) is 1. The molecule has 9 nitrogen and oxygen atoms in total. The number of anilines is 1. The average Bonchev–Trinajstić information content (AvgIpc) is 3.85. The molecule has 4 aromatic heterocycles. The molecule has 0 radical (unpaired) electrons. The van der Waals surface area contributed by atoms with E-state index in [1.54, 1.807) is 72.9 Å². The standard InChI is InChI=1S/C33H25Cl2N5O4S2/c34-26-16-23(19-39(33(26)44)14-12-24-13-15-45-38-24)27-17-29(36-18-25-10-11-28(35)46-25)40(37-27)32(43)22-8-6-21(7-9-22)31(42)30(41)20-4-2-1-3-5-20/h1-11,13,15-17,19,31,36,42H,12,14,18H2. The number of pyridine rings is 1. The molecule has 46 heavy (non-hydrogen) atoms. The van der Waals surface area contributed by atoms with Crippen molar-refractivity contribution in [2.75, 3.05) is 5.32 Å². The molecule has 0 amide bonds. The summed E-state index contributed by atoms with van der Waals surface area (Å²) >= 11 is 15.2. The molecule has 0 saturated carbocycles. The first-order chi connectivity index (χ1) is 22.3. The molecule has 0 spiro atoms. The minimum atomic E-state index is -1.38. The number of thiophene rings is 1. The normalized spacial score (nSPS) is 11.8. The van der Waals surface area contributed by atoms with Gasteiger partial charge in [0.05, 0.1) is 22.3 Å². The van der Waals surface area contributed by atoms with Crippen LogP contribution in [0.4, 0.5) is 5.82 Å². The van der Waals surface area contributed by atoms with Crippen molar-refractivity contribution < 1.29 is 14.7 Å². The monoisotopic (exact) mass is 689 g/mol. The van der Waals surface area contributed by atoms with Crippen molar-refractivity contribution in [2.45, 2.75) is 25.6 Å². The summed E-state index contributed by atoms with van der Waals surface area (Å²) in [6.45, 7) is 0.751. The number of carbonyl (C=O) groups is 2. The highest BCUT2D eigenvalue weighted by Gasteiger charge is 2.22. The molecule has 0 saturated heterocycles. The Bertz CT molecular complexity index is 2060. The van der Waals surface area contributed by atoms with Gasteiger partial charge in [-0.1, -0.05) is 65.7 Å². The first-order valence-corrected chi connectivity index (χ1v) is 16.5. The van der Waals surface area contributed by atoms with Crippen LogP contribution in [0.25, 0.3) is 11.3 Å². The van der Waals surface area contributed by atoms with Gasteiger partial charge in [0.15, 0.2) is 5.78 Å². The van der Waals surface area contributed by atoms with Crippen LogP contribution in [0.5, 0.6) is 0 Å². The third-order valence-corrected chi connectivity index (χ3v) is 9.29. The molecule has 2 aromatic carbocycles. The highest BCUT2D eigenvalue weighted by Crippen LogP contribution is 2.27. The summed E-state index contributed by atoms with van der Waals surface area (Å²) in [4.78, 5) is 40.3. The number of aromatic nitrogens is 4. The second-order valence-corrected chi connectivity index (χ2v) is 13.1. The molecule has 4 heterocycles. The van der Waals surface area contributed by atoms with Crippen molar-refractivity contribution >= 4 is 63.6 Å². The molecular weight excluding hydrogens is 665 g/mol. The lowest BCUT2D eigenvalue weighted by Gasteiger charge is -2.12. The molecule has 0 fully saturated rings. The molecule has 232 valence electrons. The van der Waals surface area contributed by atoms with Crippen LogP contribution >= 0.6 is 46.1 Å². The average molecular weight is 691 g/mol. The summed E-state index contributed by atoms with van der Waals surface area (Å²) < 4.78 is 7.70. The van der Waals surface area contributed by atoms with E-state index in [-0.39, 0.29) is 16.1 Å². The van der Waals surface area contributed by atoms with Gasteiger partial charge < -0.3 is 15.0 Å². The maximum atomic E-state index is 13.8. The van der Waals surface area contributed by atoms with Gasteiger partial charge in [0.25, 0.3) is 11.5 Å². The smallest absolute Gasteiger partial charge is 0.280 e. The molecule has 13 heteroatoms. The lowest BCUT2D eigenvalue weighted by Crippen LogP contribution is -2.21. The Morgan fingerprint density at radius 2 is 1.74 bits per heavy atom. The summed E-state index contributed by atoms with van der Waals surface area (Å²) in [6, 6.07) is 23.5. The highest BCUT2D eigenvalue weighted by atomic mass is 35.5. The first-order valence-electron chi connectivity index (χ1n) is 14.1. The van der Waals surface area contributed by atoms with Gasteiger partial charge in [-0.15, -0.1) is 11.3 Å². The van der Waals surface area contributed by atoms with E-state index >= 15 is 0 Å². The van der Waals surface area contributed by atoms with E-state index in [0.717, 1.165) is 10.6 Å². The van der Waals surface area contributed by atoms with Crippen LogP contribution < -0.4 is 10.9 Å². The third kappa shape index (κ3) is 7.04. The second-order valence-electron chi connectivity index (χ2n) is 10.3. The summed E-state index contributed by atoms with van der Waals surface area (Å²) in [6.07, 6.45) is 0.836. The van der Waals surface area contributed by atoms with Crippen molar-refractivity contribution in [3.63, 3.8) is 0 Å². The Kier molecular flexibility index (Phi) is 9.57. The fourth-order valence-electron chi connectivity index (χ4n) is 4.78. The van der Waals surface area contributed by atoms with E-state index in [1.807, 2.05) is 17.5 Å². The number of aliphatic hydroxyl groups excluding tert-OH is 1. The molecule has 1 atom stereocenters. The summed E-state index contributed by atoms with van der Waals surface area (Å²) in [5, 5.41) is 20.5. The van der Waals surface area contributed by atoms with Crippen molar-refractivity contribution in [3.8, 4) is 11.3 Å². The SMILES string of the molecule is O=C(c1ccccc1)C(O)c1ccc(C(=O)n2nc(-c3cc(Cl)c(=O)n(CCc4ccsn4)c3)cc2NCc2ccc(Cl)s2)cc1. The number of hydrogen-bond donors (Lipinski definition) is 2. The van der Waals surface area contributed by atoms with Gasteiger partial charge in [0.1, 0.15) is 16.9 Å². The van der Waals surface area contributed by atoms with E-state index in [0.29, 0.717) is 52.0 Å². The van der Waals surface area contributed by atoms with E-state index in [1.165, 1.54) is 38.2 Å². The molecule has 0 aliphatic carbocycles. The molecule has 6 rings (SSSR count). The second kappa shape index (κ2) is 13.9. The number of ketones is 1. The zero-order valence-corrected chi connectivity index (χ0v) is 27.1. The van der Waals surface area contributed by atoms with Gasteiger partial charge >= 0.3 is 0 Å². The zero-order chi connectivity index (χ0) is 32.2. The number of aliphatic hydroxyl groups is 1. The van der Waals surface area contributed by atoms with Crippen LogP contribution in [-0.2, 0) is 19.5 Å². The van der Waals surface area contributed by atoms with Crippen LogP contribution in [0, 0.1) is 0 Å². The van der Waals surface area contributed by atoms with E-state index in [4.69, 9.17) is 23.2 Å². The van der Waals surface area contributed by atoms with Gasteiger partial charge in [-0.3, -0.25) is 14.4 Å². The number of rotatable bonds is 11. The van der Waals surface area contributed by atoms with Crippen LogP contribution in [0.15, 0.2) is 101 Å². The topological polar surface area (TPSA) is 119 Å². The number of nitrogens with one attached hydrogen (secondary N) is 1. The lowest BCUT2D eigenvalue weighted by atomic mass is 9.99. The number of benzene rings is 2. The molecule has 0 aliphatic rings. The Morgan fingerprint density at radius 3 is 2.43 bits per heavy atom. The van der Waals surface area contributed by atoms with Gasteiger partial charge in [-0.2, -0.15) is 14.2 Å². The van der Waals surface area contributed by atoms with Crippen molar-refractivity contribution in [1.29, 1.82) is 0 Å². The molecule has 2 N–H and O–H groups in total. The van der Waals surface area contributed by atoms with Crippen molar-refractivity contribution in [1.82, 2.24) is 18.7 Å². The molecule has 1 unspecified atom stereocenters. The number of nitrogens with zero attached hydrogens (tertiary/aromatic N) is 4. The van der Waals surface area contributed by atoms with Crippen LogP contribution in [-0.4, -0.2) is 35.5 Å². The Morgan fingerprint density at radius 1 is 0.957 bits per heavy atom.